The molecular formula is C21H25N7O. The number of nitrogens with zero attached hydrogens (tertiary/aromatic N) is 4. The lowest BCUT2D eigenvalue weighted by Crippen LogP contribution is -2.29. The van der Waals surface area contributed by atoms with Crippen molar-refractivity contribution in [1.82, 2.24) is 24.8 Å². The normalized spacial score (nSPS) is 17.7. The number of rotatable bonds is 5. The number of aromatic nitrogens is 4. The number of hydrogen-bond acceptors (Lipinski definition) is 7. The maximum Gasteiger partial charge on any atom is 0.271 e. The summed E-state index contributed by atoms with van der Waals surface area (Å²) in [4.78, 5) is 31.3. The summed E-state index contributed by atoms with van der Waals surface area (Å²) in [6, 6.07) is 3.80. The number of aromatic amines is 1. The van der Waals surface area contributed by atoms with E-state index in [2.05, 4.69) is 49.4 Å². The first-order chi connectivity index (χ1) is 14.0. The summed E-state index contributed by atoms with van der Waals surface area (Å²) in [5.41, 5.74) is 3.57. The zero-order chi connectivity index (χ0) is 20.0. The molecule has 8 nitrogen and oxygen atoms in total. The Labute approximate surface area is 168 Å². The lowest BCUT2D eigenvalue weighted by atomic mass is 10.1. The van der Waals surface area contributed by atoms with Crippen LogP contribution in [-0.4, -0.2) is 45.0 Å². The molecule has 2 aliphatic rings. The Morgan fingerprint density at radius 3 is 3.00 bits per heavy atom. The Morgan fingerprint density at radius 2 is 2.17 bits per heavy atom. The van der Waals surface area contributed by atoms with Crippen molar-refractivity contribution in [3.05, 3.63) is 46.1 Å². The summed E-state index contributed by atoms with van der Waals surface area (Å²) < 4.78 is 0. The van der Waals surface area contributed by atoms with Gasteiger partial charge in [0.15, 0.2) is 5.82 Å². The predicted molar refractivity (Wildman–Crippen MR) is 114 cm³/mol. The highest BCUT2D eigenvalue weighted by Gasteiger charge is 2.37. The molecule has 1 aliphatic carbocycles. The molecule has 8 heteroatoms. The topological polar surface area (TPSA) is 98.8 Å². The third-order valence-electron chi connectivity index (χ3n) is 5.93. The van der Waals surface area contributed by atoms with Crippen molar-refractivity contribution in [1.29, 1.82) is 0 Å². The van der Waals surface area contributed by atoms with Crippen LogP contribution in [0.5, 0.6) is 0 Å². The second kappa shape index (κ2) is 6.81. The molecule has 3 aromatic heterocycles. The number of nitrogens with one attached hydrogen (secondary N) is 3. The first-order valence-corrected chi connectivity index (χ1v) is 10.1. The van der Waals surface area contributed by atoms with Gasteiger partial charge in [-0.05, 0) is 43.0 Å². The van der Waals surface area contributed by atoms with E-state index in [4.69, 9.17) is 0 Å². The molecule has 1 aliphatic heterocycles. The minimum atomic E-state index is -0.150. The minimum Gasteiger partial charge on any atom is -0.368 e. The molecule has 0 aromatic carbocycles. The lowest BCUT2D eigenvalue weighted by Gasteiger charge is -2.24. The van der Waals surface area contributed by atoms with Gasteiger partial charge in [0.05, 0.1) is 0 Å². The number of hydrogen-bond donors (Lipinski definition) is 3. The van der Waals surface area contributed by atoms with Gasteiger partial charge in [0.1, 0.15) is 11.2 Å². The van der Waals surface area contributed by atoms with E-state index < -0.39 is 0 Å². The molecular weight excluding hydrogens is 366 g/mol. The molecule has 29 heavy (non-hydrogen) atoms. The van der Waals surface area contributed by atoms with Gasteiger partial charge in [-0.3, -0.25) is 4.79 Å². The quantitative estimate of drug-likeness (QED) is 0.615. The van der Waals surface area contributed by atoms with E-state index in [9.17, 15) is 4.79 Å². The van der Waals surface area contributed by atoms with Gasteiger partial charge in [-0.15, -0.1) is 0 Å². The highest BCUT2D eigenvalue weighted by molar-refractivity contribution is 5.88. The van der Waals surface area contributed by atoms with Gasteiger partial charge < -0.3 is 20.5 Å². The molecule has 0 amide bonds. The number of pyridine rings is 2. The molecule has 1 saturated carbocycles. The molecule has 150 valence electrons. The van der Waals surface area contributed by atoms with Crippen LogP contribution in [0.15, 0.2) is 29.3 Å². The molecule has 0 radical (unpaired) electrons. The molecule has 0 unspecified atom stereocenters. The van der Waals surface area contributed by atoms with Crippen LogP contribution in [-0.2, 0) is 13.0 Å². The highest BCUT2D eigenvalue weighted by Crippen LogP contribution is 2.44. The van der Waals surface area contributed by atoms with E-state index in [0.29, 0.717) is 17.1 Å². The summed E-state index contributed by atoms with van der Waals surface area (Å²) in [5, 5.41) is 7.45. The van der Waals surface area contributed by atoms with Crippen LogP contribution in [0, 0.1) is 5.41 Å². The third kappa shape index (κ3) is 3.67. The van der Waals surface area contributed by atoms with Crippen molar-refractivity contribution in [3.63, 3.8) is 0 Å². The largest absolute Gasteiger partial charge is 0.368 e. The standard InChI is InChI=1S/C21H25N7O/c1-21(5-6-21)12-24-18-17-13(3-7-22-18)10-23-20(27-17)26-16-9-14-11-28(2)8-4-15(14)25-19(16)29/h3,7,9-10H,4-6,8,11-12H2,1-2H3,(H,22,24)(H,25,29)(H,23,26,27). The summed E-state index contributed by atoms with van der Waals surface area (Å²) in [6.07, 6.45) is 6.86. The Morgan fingerprint density at radius 1 is 1.31 bits per heavy atom. The van der Waals surface area contributed by atoms with Crippen molar-refractivity contribution in [2.24, 2.45) is 5.41 Å². The summed E-state index contributed by atoms with van der Waals surface area (Å²) in [7, 11) is 2.08. The smallest absolute Gasteiger partial charge is 0.271 e. The van der Waals surface area contributed by atoms with Crippen LogP contribution in [0.25, 0.3) is 10.9 Å². The Balaban J connectivity index is 1.45. The zero-order valence-electron chi connectivity index (χ0n) is 16.7. The van der Waals surface area contributed by atoms with Crippen LogP contribution in [0.1, 0.15) is 31.0 Å². The van der Waals surface area contributed by atoms with Crippen LogP contribution in [0.4, 0.5) is 17.5 Å². The SMILES string of the molecule is CN1CCc2[nH]c(=O)c(Nc3ncc4ccnc(NCC5(C)CC5)c4n3)cc2C1. The monoisotopic (exact) mass is 391 g/mol. The van der Waals surface area contributed by atoms with Crippen molar-refractivity contribution < 1.29 is 0 Å². The van der Waals surface area contributed by atoms with Crippen LogP contribution in [0.2, 0.25) is 0 Å². The van der Waals surface area contributed by atoms with Gasteiger partial charge in [0, 0.05) is 49.5 Å². The Kier molecular flexibility index (Phi) is 4.24. The fourth-order valence-electron chi connectivity index (χ4n) is 3.69. The van der Waals surface area contributed by atoms with Gasteiger partial charge in [-0.2, -0.15) is 0 Å². The van der Waals surface area contributed by atoms with E-state index in [-0.39, 0.29) is 5.56 Å². The molecule has 0 atom stereocenters. The van der Waals surface area contributed by atoms with Crippen molar-refractivity contribution in [2.45, 2.75) is 32.7 Å². The van der Waals surface area contributed by atoms with Gasteiger partial charge >= 0.3 is 0 Å². The maximum absolute atomic E-state index is 12.5. The number of anilines is 3. The van der Waals surface area contributed by atoms with Crippen LogP contribution < -0.4 is 16.2 Å². The molecule has 5 rings (SSSR count). The second-order valence-corrected chi connectivity index (χ2v) is 8.58. The molecule has 0 spiro atoms. The molecule has 4 heterocycles. The predicted octanol–water partition coefficient (Wildman–Crippen LogP) is 2.66. The number of fused-ring (bicyclic) bond motifs is 2. The average Bonchev–Trinajstić information content (AvgIpc) is 3.45. The fraction of sp³-hybridized carbons (Fsp3) is 0.429. The molecule has 0 bridgehead atoms. The Hall–Kier alpha value is -3.00. The van der Waals surface area contributed by atoms with Gasteiger partial charge in [-0.25, -0.2) is 15.0 Å². The van der Waals surface area contributed by atoms with Gasteiger partial charge in [-0.1, -0.05) is 6.92 Å². The number of likely N-dealkylation sites (N-methyl/N-ethyl adjacent to an activating group) is 1. The molecule has 3 aromatic rings. The third-order valence-corrected chi connectivity index (χ3v) is 5.93. The first kappa shape index (κ1) is 18.1. The summed E-state index contributed by atoms with van der Waals surface area (Å²) in [6.45, 7) is 4.91. The molecule has 3 N–H and O–H groups in total. The second-order valence-electron chi connectivity index (χ2n) is 8.58. The van der Waals surface area contributed by atoms with Gasteiger partial charge in [0.25, 0.3) is 5.56 Å². The Bertz CT molecular complexity index is 1140. The average molecular weight is 391 g/mol. The highest BCUT2D eigenvalue weighted by atomic mass is 16.1. The minimum absolute atomic E-state index is 0.150. The molecule has 1 fully saturated rings. The van der Waals surface area contributed by atoms with Crippen LogP contribution in [0.3, 0.4) is 0 Å². The van der Waals surface area contributed by atoms with E-state index in [1.54, 1.807) is 12.4 Å². The van der Waals surface area contributed by atoms with E-state index in [0.717, 1.165) is 54.0 Å². The van der Waals surface area contributed by atoms with Crippen molar-refractivity contribution >= 4 is 28.4 Å². The zero-order valence-corrected chi connectivity index (χ0v) is 16.7. The summed E-state index contributed by atoms with van der Waals surface area (Å²) in [5.74, 6) is 1.14. The van der Waals surface area contributed by atoms with E-state index in [1.807, 2.05) is 12.1 Å². The number of H-pyrrole nitrogens is 1. The van der Waals surface area contributed by atoms with Crippen molar-refractivity contribution in [2.75, 3.05) is 30.8 Å². The maximum atomic E-state index is 12.5. The van der Waals surface area contributed by atoms with Gasteiger partial charge in [0.2, 0.25) is 5.95 Å². The van der Waals surface area contributed by atoms with E-state index >= 15 is 0 Å². The van der Waals surface area contributed by atoms with E-state index in [1.165, 1.54) is 12.8 Å². The molecule has 0 saturated heterocycles. The lowest BCUT2D eigenvalue weighted by molar-refractivity contribution is 0.310. The van der Waals surface area contributed by atoms with Crippen LogP contribution >= 0.6 is 0 Å². The van der Waals surface area contributed by atoms with Crippen molar-refractivity contribution in [3.8, 4) is 0 Å². The fourth-order valence-corrected chi connectivity index (χ4v) is 3.69. The summed E-state index contributed by atoms with van der Waals surface area (Å²) >= 11 is 0. The first-order valence-electron chi connectivity index (χ1n) is 10.1.